The van der Waals surface area contributed by atoms with Gasteiger partial charge in [-0.3, -0.25) is 0 Å². The Morgan fingerprint density at radius 2 is 0.621 bits per heavy atom. The van der Waals surface area contributed by atoms with E-state index in [2.05, 4.69) is 154 Å². The van der Waals surface area contributed by atoms with Crippen molar-refractivity contribution in [1.82, 2.24) is 24.9 Å². The molecule has 0 bridgehead atoms. The molecule has 3 aliphatic rings. The number of nitrogens with zero attached hydrogens (tertiary/aromatic N) is 11. The Kier molecular flexibility index (Phi) is 27.7. The van der Waals surface area contributed by atoms with Crippen molar-refractivity contribution >= 4 is 57.1 Å². The minimum Gasteiger partial charge on any atom is -0.502 e. The van der Waals surface area contributed by atoms with Crippen LogP contribution in [0.2, 0.25) is 0 Å². The summed E-state index contributed by atoms with van der Waals surface area (Å²) in [6.07, 6.45) is 8.69. The monoisotopic (exact) mass is 1780 g/mol. The Morgan fingerprint density at radius 3 is 1.04 bits per heavy atom. The smallest absolute Gasteiger partial charge is 0.502 e. The van der Waals surface area contributed by atoms with Crippen LogP contribution in [0.1, 0.15) is 0 Å². The quantitative estimate of drug-likeness (QED) is 0.121. The van der Waals surface area contributed by atoms with Crippen LogP contribution in [0.3, 0.4) is 0 Å². The minimum atomic E-state index is 0. The number of hydrogen-bond acceptors (Lipinski definition) is 14. The molecule has 0 unspecified atom stereocenters. The Balaban J connectivity index is 0.000000146. The van der Waals surface area contributed by atoms with E-state index >= 15 is 0 Å². The summed E-state index contributed by atoms with van der Waals surface area (Å²) in [6.45, 7) is 6.15. The molecule has 16 rings (SSSR count). The van der Waals surface area contributed by atoms with Crippen molar-refractivity contribution in [1.29, 1.82) is 0 Å². The number of pyridine rings is 5. The molecule has 0 amide bonds. The second-order valence-corrected chi connectivity index (χ2v) is 19.8. The molecule has 0 atom stereocenters. The number of ether oxygens (including phenoxy) is 3. The molecule has 8 aromatic carbocycles. The van der Waals surface area contributed by atoms with Crippen LogP contribution in [0.25, 0.3) is 0 Å². The zero-order chi connectivity index (χ0) is 62.8. The molecular weight excluding hydrogens is 1720 g/mol. The van der Waals surface area contributed by atoms with Gasteiger partial charge in [0.05, 0.1) is 5.69 Å². The molecular formula is C78H60Ir3N11O3. The molecule has 13 aromatic rings. The van der Waals surface area contributed by atoms with Crippen LogP contribution in [-0.2, 0) is 60.3 Å². The van der Waals surface area contributed by atoms with Crippen molar-refractivity contribution < 1.29 is 74.5 Å². The van der Waals surface area contributed by atoms with Gasteiger partial charge in [-0.05, 0) is 80.8 Å². The summed E-state index contributed by atoms with van der Waals surface area (Å²) in [6, 6.07) is 108. The van der Waals surface area contributed by atoms with Gasteiger partial charge in [-0.1, -0.05) is 48.5 Å². The van der Waals surface area contributed by atoms with E-state index in [0.717, 1.165) is 45.8 Å². The summed E-state index contributed by atoms with van der Waals surface area (Å²) >= 11 is 0. The second-order valence-electron chi connectivity index (χ2n) is 19.8. The van der Waals surface area contributed by atoms with Crippen LogP contribution in [0.5, 0.6) is 34.9 Å². The van der Waals surface area contributed by atoms with E-state index in [4.69, 9.17) is 14.2 Å². The molecule has 0 radical (unpaired) electrons. The summed E-state index contributed by atoms with van der Waals surface area (Å²) in [5, 5.41) is 0. The van der Waals surface area contributed by atoms with Gasteiger partial charge in [0.1, 0.15) is 11.6 Å². The summed E-state index contributed by atoms with van der Waals surface area (Å²) in [4.78, 5) is 33.4. The van der Waals surface area contributed by atoms with Crippen LogP contribution >= 0.6 is 0 Å². The Bertz CT molecular complexity index is 3790. The maximum atomic E-state index is 5.41. The predicted molar refractivity (Wildman–Crippen MR) is 364 cm³/mol. The van der Waals surface area contributed by atoms with Crippen molar-refractivity contribution in [2.24, 2.45) is 0 Å². The molecule has 0 saturated heterocycles. The molecule has 95 heavy (non-hydrogen) atoms. The van der Waals surface area contributed by atoms with Crippen molar-refractivity contribution in [3.63, 3.8) is 0 Å². The Hall–Kier alpha value is -10.3. The maximum absolute atomic E-state index is 5.41. The normalized spacial score (nSPS) is 11.6. The fourth-order valence-corrected chi connectivity index (χ4v) is 9.23. The van der Waals surface area contributed by atoms with Gasteiger partial charge in [-0.25, -0.2) is 24.9 Å². The molecule has 14 nitrogen and oxygen atoms in total. The first kappa shape index (κ1) is 70.5. The maximum Gasteiger partial charge on any atom is 3.00 e. The molecule has 5 aromatic heterocycles. The van der Waals surface area contributed by atoms with Crippen molar-refractivity contribution in [2.45, 2.75) is 0 Å². The van der Waals surface area contributed by atoms with Gasteiger partial charge in [-0.2, -0.15) is 159 Å². The molecule has 0 N–H and O–H groups in total. The first-order valence-corrected chi connectivity index (χ1v) is 29.3. The number of anilines is 10. The van der Waals surface area contributed by atoms with Crippen LogP contribution in [0.15, 0.2) is 310 Å². The van der Waals surface area contributed by atoms with E-state index in [-0.39, 0.29) is 60.3 Å². The van der Waals surface area contributed by atoms with Crippen LogP contribution < -0.4 is 43.6 Å². The largest absolute Gasteiger partial charge is 3.00 e. The van der Waals surface area contributed by atoms with Gasteiger partial charge in [0.15, 0.2) is 0 Å². The van der Waals surface area contributed by atoms with Crippen LogP contribution in [0, 0.1) is 56.4 Å². The zero-order valence-electron chi connectivity index (χ0n) is 51.3. The van der Waals surface area contributed by atoms with E-state index in [1.807, 2.05) is 219 Å². The predicted octanol–water partition coefficient (Wildman–Crippen LogP) is 18.1. The number of rotatable bonds is 10. The molecule has 0 spiro atoms. The minimum absolute atomic E-state index is 0. The van der Waals surface area contributed by atoms with Crippen molar-refractivity contribution in [3.8, 4) is 34.9 Å². The topological polar surface area (TPSA) is 112 Å². The number of fused-ring (bicyclic) bond motifs is 3. The summed E-state index contributed by atoms with van der Waals surface area (Å²) in [7, 11) is 4.01. The van der Waals surface area contributed by atoms with Gasteiger partial charge >= 0.3 is 60.3 Å². The Morgan fingerprint density at radius 1 is 0.274 bits per heavy atom. The average Bonchev–Trinajstić information content (AvgIpc) is 1.65. The van der Waals surface area contributed by atoms with Crippen molar-refractivity contribution in [2.75, 3.05) is 43.5 Å². The molecule has 0 aliphatic carbocycles. The van der Waals surface area contributed by atoms with Gasteiger partial charge < -0.3 is 43.6 Å². The molecule has 472 valence electrons. The molecule has 8 heterocycles. The summed E-state index contributed by atoms with van der Waals surface area (Å²) < 4.78 is 16.2. The summed E-state index contributed by atoms with van der Waals surface area (Å²) in [5.74, 6) is 5.73. The average molecular weight is 1780 g/mol. The van der Waals surface area contributed by atoms with E-state index in [1.165, 1.54) is 11.4 Å². The third-order valence-corrected chi connectivity index (χ3v) is 13.4. The van der Waals surface area contributed by atoms with Crippen LogP contribution in [0.4, 0.5) is 57.1 Å². The number of hydrogen-bond donors (Lipinski definition) is 0. The van der Waals surface area contributed by atoms with Gasteiger partial charge in [0.2, 0.25) is 17.6 Å². The van der Waals surface area contributed by atoms with E-state index in [9.17, 15) is 0 Å². The number of benzene rings is 8. The van der Waals surface area contributed by atoms with E-state index < -0.39 is 0 Å². The molecule has 17 heteroatoms. The van der Waals surface area contributed by atoms with Gasteiger partial charge in [0, 0.05) is 89.2 Å². The number of aromatic nitrogens is 5. The summed E-state index contributed by atoms with van der Waals surface area (Å²) in [5.41, 5.74) is 8.79. The SMILES string of the molecule is CN1[CH-]N(c2[c-]cccc2)c2cccnc21.CN1[CH-]N(c2[c-]cccc2)c2ncccc21.[Ir+3].[Ir+3].[Ir+3].[c-]1ccccc1N1[CH-]N(c2ccccc2)c2ccccc21.[c-]1ccccc1Oc1ccccn1.[c-]1ccccc1Oc1ccccn1.[c-]1ccccc1Oc1ccccn1. The number of para-hydroxylation sites is 9. The van der Waals surface area contributed by atoms with Crippen LogP contribution in [-0.4, -0.2) is 39.0 Å². The van der Waals surface area contributed by atoms with E-state index in [1.54, 1.807) is 61.2 Å². The molecule has 0 saturated carbocycles. The molecule has 0 fully saturated rings. The van der Waals surface area contributed by atoms with Gasteiger partial charge in [0.25, 0.3) is 0 Å². The standard InChI is InChI=1S/C19H14N2.2C13H11N3.3C11H8NO.3Ir/c1-3-9-16(10-4-1)20-15-21(17-11-5-2-6-12-17)19-14-8-7-13-18(19)20;1-15-10-16(11-6-3-2-4-7-11)12-8-5-9-14-13(12)15;1-15-10-16(11-6-3-2-4-7-11)13-12(15)8-5-9-14-13;3*1-2-6-10(7-3-1)13-11-8-4-5-9-12-11;;;/h1-11,13-15H;2*2-6,8-10H,1H3;3*1-6,8-9H;;;/q3*-2;3*-1;3*+3. The first-order valence-electron chi connectivity index (χ1n) is 29.3. The Labute approximate surface area is 596 Å². The fraction of sp³-hybridized carbons (Fsp3) is 0.0256. The zero-order valence-corrected chi connectivity index (χ0v) is 58.5. The third kappa shape index (κ3) is 20.1. The first-order chi connectivity index (χ1) is 45.5. The van der Waals surface area contributed by atoms with E-state index in [0.29, 0.717) is 34.9 Å². The second kappa shape index (κ2) is 37.4. The third-order valence-electron chi connectivity index (χ3n) is 13.4. The molecule has 3 aliphatic heterocycles. The fourth-order valence-electron chi connectivity index (χ4n) is 9.23. The van der Waals surface area contributed by atoms with Crippen molar-refractivity contribution in [3.05, 3.63) is 366 Å². The van der Waals surface area contributed by atoms with Gasteiger partial charge in [-0.15, -0.1) is 60.1 Å².